The quantitative estimate of drug-likeness (QED) is 0.334. The SMILES string of the molecule is CCNC(=NCc1nc(-c2ccc(Cl)cc2)no1)NCC1(C)CCCS1.I. The molecule has 0 aliphatic carbocycles. The van der Waals surface area contributed by atoms with E-state index in [9.17, 15) is 0 Å². The topological polar surface area (TPSA) is 75.3 Å². The fourth-order valence-corrected chi connectivity index (χ4v) is 4.14. The fourth-order valence-electron chi connectivity index (χ4n) is 2.77. The van der Waals surface area contributed by atoms with Gasteiger partial charge in [0.2, 0.25) is 11.7 Å². The van der Waals surface area contributed by atoms with Gasteiger partial charge in [-0.25, -0.2) is 4.99 Å². The molecule has 9 heteroatoms. The third-order valence-electron chi connectivity index (χ3n) is 4.22. The summed E-state index contributed by atoms with van der Waals surface area (Å²) in [6.07, 6.45) is 2.52. The minimum atomic E-state index is 0. The molecule has 27 heavy (non-hydrogen) atoms. The Balaban J connectivity index is 0.00000261. The van der Waals surface area contributed by atoms with E-state index in [-0.39, 0.29) is 28.7 Å². The zero-order valence-corrected chi connectivity index (χ0v) is 19.4. The first kappa shape index (κ1) is 22.3. The van der Waals surface area contributed by atoms with Crippen molar-refractivity contribution >= 4 is 53.3 Å². The molecule has 1 aliphatic rings. The molecule has 1 aromatic heterocycles. The van der Waals surface area contributed by atoms with E-state index in [1.165, 1.54) is 18.6 Å². The van der Waals surface area contributed by atoms with E-state index in [0.29, 0.717) is 23.3 Å². The van der Waals surface area contributed by atoms with E-state index in [1.54, 1.807) is 12.1 Å². The number of hydrogen-bond acceptors (Lipinski definition) is 5. The minimum absolute atomic E-state index is 0. The van der Waals surface area contributed by atoms with E-state index in [0.717, 1.165) is 24.6 Å². The summed E-state index contributed by atoms with van der Waals surface area (Å²) in [5, 5.41) is 11.4. The maximum atomic E-state index is 5.91. The lowest BCUT2D eigenvalue weighted by Crippen LogP contribution is -2.43. The molecular weight excluding hydrogens is 497 g/mol. The molecule has 1 fully saturated rings. The first-order valence-electron chi connectivity index (χ1n) is 8.83. The third kappa shape index (κ3) is 6.53. The van der Waals surface area contributed by atoms with Crippen LogP contribution in [0.1, 0.15) is 32.6 Å². The summed E-state index contributed by atoms with van der Waals surface area (Å²) in [6.45, 7) is 6.38. The third-order valence-corrected chi connectivity index (χ3v) is 6.01. The van der Waals surface area contributed by atoms with Crippen molar-refractivity contribution in [1.82, 2.24) is 20.8 Å². The van der Waals surface area contributed by atoms with Gasteiger partial charge in [0, 0.05) is 28.4 Å². The Kier molecular flexibility index (Phi) is 8.68. The second kappa shape index (κ2) is 10.5. The molecule has 148 valence electrons. The zero-order valence-electron chi connectivity index (χ0n) is 15.5. The molecule has 0 amide bonds. The van der Waals surface area contributed by atoms with Crippen LogP contribution in [0.2, 0.25) is 5.02 Å². The maximum absolute atomic E-state index is 5.91. The fraction of sp³-hybridized carbons (Fsp3) is 0.500. The van der Waals surface area contributed by atoms with Gasteiger partial charge < -0.3 is 15.2 Å². The molecule has 2 heterocycles. The molecule has 3 rings (SSSR count). The summed E-state index contributed by atoms with van der Waals surface area (Å²) in [5.41, 5.74) is 0.865. The Hall–Kier alpha value is -1.000. The van der Waals surface area contributed by atoms with Crippen LogP contribution >= 0.6 is 47.3 Å². The van der Waals surface area contributed by atoms with Crippen molar-refractivity contribution in [3.05, 3.63) is 35.2 Å². The summed E-state index contributed by atoms with van der Waals surface area (Å²) in [7, 11) is 0. The maximum Gasteiger partial charge on any atom is 0.248 e. The van der Waals surface area contributed by atoms with Gasteiger partial charge in [0.05, 0.1) is 0 Å². The molecule has 1 saturated heterocycles. The Morgan fingerprint density at radius 2 is 2.11 bits per heavy atom. The van der Waals surface area contributed by atoms with Crippen LogP contribution < -0.4 is 10.6 Å². The van der Waals surface area contributed by atoms with Crippen LogP contribution in [-0.4, -0.2) is 39.7 Å². The Morgan fingerprint density at radius 3 is 2.78 bits per heavy atom. The molecule has 1 atom stereocenters. The first-order valence-corrected chi connectivity index (χ1v) is 10.2. The highest BCUT2D eigenvalue weighted by Gasteiger charge is 2.29. The lowest BCUT2D eigenvalue weighted by atomic mass is 10.1. The van der Waals surface area contributed by atoms with Crippen LogP contribution in [0.25, 0.3) is 11.4 Å². The molecular formula is C18H25ClIN5OS. The van der Waals surface area contributed by atoms with Crippen molar-refractivity contribution in [3.8, 4) is 11.4 Å². The summed E-state index contributed by atoms with van der Waals surface area (Å²) in [5.74, 6) is 3.03. The van der Waals surface area contributed by atoms with Crippen molar-refractivity contribution in [3.63, 3.8) is 0 Å². The smallest absolute Gasteiger partial charge is 0.248 e. The molecule has 0 saturated carbocycles. The number of halogens is 2. The monoisotopic (exact) mass is 521 g/mol. The number of aliphatic imine (C=N–C) groups is 1. The highest BCUT2D eigenvalue weighted by atomic mass is 127. The number of aromatic nitrogens is 2. The summed E-state index contributed by atoms with van der Waals surface area (Å²) < 4.78 is 5.59. The largest absolute Gasteiger partial charge is 0.357 e. The molecule has 2 N–H and O–H groups in total. The van der Waals surface area contributed by atoms with Crippen LogP contribution in [0, 0.1) is 0 Å². The molecule has 0 bridgehead atoms. The molecule has 0 spiro atoms. The summed E-state index contributed by atoms with van der Waals surface area (Å²) >= 11 is 7.93. The Bertz CT molecular complexity index is 746. The van der Waals surface area contributed by atoms with Gasteiger partial charge in [-0.3, -0.25) is 0 Å². The number of nitrogens with one attached hydrogen (secondary N) is 2. The molecule has 0 radical (unpaired) electrons. The average molecular weight is 522 g/mol. The van der Waals surface area contributed by atoms with Gasteiger partial charge in [0.25, 0.3) is 0 Å². The van der Waals surface area contributed by atoms with Gasteiger partial charge in [0.1, 0.15) is 6.54 Å². The van der Waals surface area contributed by atoms with Gasteiger partial charge in [-0.1, -0.05) is 16.8 Å². The van der Waals surface area contributed by atoms with Crippen LogP contribution in [0.3, 0.4) is 0 Å². The summed E-state index contributed by atoms with van der Waals surface area (Å²) in [4.78, 5) is 8.97. The predicted octanol–water partition coefficient (Wildman–Crippen LogP) is 4.35. The lowest BCUT2D eigenvalue weighted by molar-refractivity contribution is 0.380. The second-order valence-corrected chi connectivity index (χ2v) is 8.59. The predicted molar refractivity (Wildman–Crippen MR) is 123 cm³/mol. The van der Waals surface area contributed by atoms with Crippen molar-refractivity contribution < 1.29 is 4.52 Å². The van der Waals surface area contributed by atoms with Crippen LogP contribution in [0.4, 0.5) is 0 Å². The van der Waals surface area contributed by atoms with Gasteiger partial charge in [-0.2, -0.15) is 16.7 Å². The molecule has 1 aromatic carbocycles. The van der Waals surface area contributed by atoms with Crippen molar-refractivity contribution in [1.29, 1.82) is 0 Å². The van der Waals surface area contributed by atoms with E-state index < -0.39 is 0 Å². The minimum Gasteiger partial charge on any atom is -0.357 e. The first-order chi connectivity index (χ1) is 12.6. The van der Waals surface area contributed by atoms with Gasteiger partial charge in [-0.15, -0.1) is 24.0 Å². The van der Waals surface area contributed by atoms with Gasteiger partial charge in [-0.05, 0) is 56.7 Å². The van der Waals surface area contributed by atoms with Gasteiger partial charge in [0.15, 0.2) is 5.96 Å². The van der Waals surface area contributed by atoms with E-state index in [2.05, 4.69) is 39.6 Å². The van der Waals surface area contributed by atoms with Crippen LogP contribution in [0.15, 0.2) is 33.8 Å². The molecule has 6 nitrogen and oxygen atoms in total. The van der Waals surface area contributed by atoms with Crippen molar-refractivity contribution in [2.45, 2.75) is 38.0 Å². The molecule has 1 unspecified atom stereocenters. The van der Waals surface area contributed by atoms with Crippen molar-refractivity contribution in [2.75, 3.05) is 18.8 Å². The van der Waals surface area contributed by atoms with E-state index >= 15 is 0 Å². The van der Waals surface area contributed by atoms with Crippen LogP contribution in [0.5, 0.6) is 0 Å². The second-order valence-electron chi connectivity index (χ2n) is 6.47. The Labute approximate surface area is 186 Å². The van der Waals surface area contributed by atoms with Gasteiger partial charge >= 0.3 is 0 Å². The normalized spacial score (nSPS) is 19.6. The number of hydrogen-bond donors (Lipinski definition) is 2. The number of nitrogens with zero attached hydrogens (tertiary/aromatic N) is 3. The zero-order chi connectivity index (χ0) is 18.4. The number of rotatable bonds is 6. The lowest BCUT2D eigenvalue weighted by Gasteiger charge is -2.24. The summed E-state index contributed by atoms with van der Waals surface area (Å²) in [6, 6.07) is 7.34. The van der Waals surface area contributed by atoms with E-state index in [4.69, 9.17) is 16.1 Å². The standard InChI is InChI=1S/C18H24ClN5OS.HI/c1-3-20-17(22-12-18(2)9-4-10-26-18)21-11-15-23-16(24-25-15)13-5-7-14(19)8-6-13;/h5-8H,3-4,9-12H2,1-2H3,(H2,20,21,22);1H. The number of benzene rings is 1. The van der Waals surface area contributed by atoms with E-state index in [1.807, 2.05) is 23.9 Å². The highest BCUT2D eigenvalue weighted by Crippen LogP contribution is 2.36. The number of guanidine groups is 1. The van der Waals surface area contributed by atoms with Crippen LogP contribution in [-0.2, 0) is 6.54 Å². The Morgan fingerprint density at radius 1 is 1.33 bits per heavy atom. The molecule has 2 aromatic rings. The van der Waals surface area contributed by atoms with Crippen molar-refractivity contribution in [2.24, 2.45) is 4.99 Å². The highest BCUT2D eigenvalue weighted by molar-refractivity contribution is 14.0. The molecule has 1 aliphatic heterocycles. The average Bonchev–Trinajstić information content (AvgIpc) is 3.28. The number of thioether (sulfide) groups is 1.